The fraction of sp³-hybridized carbons (Fsp3) is 0.167. The normalized spacial score (nSPS) is 13.9. The van der Waals surface area contributed by atoms with Crippen molar-refractivity contribution in [1.82, 2.24) is 4.90 Å². The van der Waals surface area contributed by atoms with E-state index in [2.05, 4.69) is 5.32 Å². The maximum absolute atomic E-state index is 13.5. The van der Waals surface area contributed by atoms with Gasteiger partial charge in [0, 0.05) is 31.3 Å². The van der Waals surface area contributed by atoms with E-state index in [9.17, 15) is 22.8 Å². The molecule has 5 nitrogen and oxygen atoms in total. The minimum absolute atomic E-state index is 0.0574. The lowest BCUT2D eigenvalue weighted by Crippen LogP contribution is -2.49. The molecule has 1 N–H and O–H groups in total. The molecule has 3 aromatic rings. The zero-order valence-electron chi connectivity index (χ0n) is 17.0. The number of carbonyl (C=O) groups is 2. The first-order valence-corrected chi connectivity index (χ1v) is 10.1. The van der Waals surface area contributed by atoms with Crippen molar-refractivity contribution in [3.8, 4) is 0 Å². The quantitative estimate of drug-likeness (QED) is 0.595. The Morgan fingerprint density at radius 3 is 2.38 bits per heavy atom. The summed E-state index contributed by atoms with van der Waals surface area (Å²) in [6, 6.07) is 15.0. The van der Waals surface area contributed by atoms with Gasteiger partial charge in [0.1, 0.15) is 17.5 Å². The predicted octanol–water partition coefficient (Wildman–Crippen LogP) is 5.19. The molecule has 3 aromatic carbocycles. The van der Waals surface area contributed by atoms with Gasteiger partial charge in [-0.1, -0.05) is 18.2 Å². The lowest BCUT2D eigenvalue weighted by molar-refractivity contribution is 0.102. The molecular weight excluding hydrogens is 419 g/mol. The van der Waals surface area contributed by atoms with Gasteiger partial charge in [-0.3, -0.25) is 9.69 Å². The summed E-state index contributed by atoms with van der Waals surface area (Å²) in [6.07, 6.45) is 0.635. The highest BCUT2D eigenvalue weighted by Crippen LogP contribution is 2.29. The van der Waals surface area contributed by atoms with Crippen LogP contribution in [0.4, 0.5) is 29.3 Å². The summed E-state index contributed by atoms with van der Waals surface area (Å²) in [5, 5.41) is 2.73. The summed E-state index contributed by atoms with van der Waals surface area (Å²) in [7, 11) is 0. The molecule has 3 amide bonds. The van der Waals surface area contributed by atoms with Crippen molar-refractivity contribution in [2.75, 3.05) is 23.3 Å². The third-order valence-corrected chi connectivity index (χ3v) is 5.14. The van der Waals surface area contributed by atoms with Crippen molar-refractivity contribution in [2.45, 2.75) is 13.0 Å². The largest absolute Gasteiger partial charge is 0.324 e. The molecule has 0 aromatic heterocycles. The second-order valence-electron chi connectivity index (χ2n) is 7.47. The Bertz CT molecular complexity index is 1150. The highest BCUT2D eigenvalue weighted by atomic mass is 19.1. The number of urea groups is 1. The molecule has 0 saturated carbocycles. The lowest BCUT2D eigenvalue weighted by Gasteiger charge is -2.36. The molecule has 164 valence electrons. The van der Waals surface area contributed by atoms with Crippen LogP contribution in [0.2, 0.25) is 0 Å². The van der Waals surface area contributed by atoms with Crippen LogP contribution in [0.1, 0.15) is 22.3 Å². The molecule has 0 unspecified atom stereocenters. The first-order valence-electron chi connectivity index (χ1n) is 10.1. The van der Waals surface area contributed by atoms with E-state index >= 15 is 0 Å². The summed E-state index contributed by atoms with van der Waals surface area (Å²) in [4.78, 5) is 28.8. The van der Waals surface area contributed by atoms with Gasteiger partial charge in [0.15, 0.2) is 0 Å². The minimum atomic E-state index is -0.702. The molecule has 1 aliphatic rings. The smallest absolute Gasteiger partial charge is 0.320 e. The topological polar surface area (TPSA) is 52.7 Å². The molecule has 8 heteroatoms. The van der Waals surface area contributed by atoms with E-state index in [4.69, 9.17) is 0 Å². The number of para-hydroxylation sites is 2. The second kappa shape index (κ2) is 9.13. The highest BCUT2D eigenvalue weighted by Gasteiger charge is 2.28. The average molecular weight is 439 g/mol. The van der Waals surface area contributed by atoms with Gasteiger partial charge in [-0.15, -0.1) is 0 Å². The van der Waals surface area contributed by atoms with Crippen molar-refractivity contribution in [3.05, 3.63) is 95.3 Å². The van der Waals surface area contributed by atoms with Gasteiger partial charge in [-0.2, -0.15) is 0 Å². The SMILES string of the molecule is O=C(Nc1ccccc1N1CCCN(Cc2cc(F)cc(F)c2)C1=O)c1cccc(F)c1. The fourth-order valence-corrected chi connectivity index (χ4v) is 3.71. The standard InChI is InChI=1S/C24H20F3N3O2/c25-18-6-3-5-17(13-18)23(31)28-21-7-1-2-8-22(21)30-10-4-9-29(24(30)32)15-16-11-19(26)14-20(27)12-16/h1-3,5-8,11-14H,4,9-10,15H2,(H,28,31). The van der Waals surface area contributed by atoms with Crippen molar-refractivity contribution in [3.63, 3.8) is 0 Å². The first kappa shape index (κ1) is 21.4. The van der Waals surface area contributed by atoms with E-state index in [-0.39, 0.29) is 18.1 Å². The molecule has 4 rings (SSSR count). The highest BCUT2D eigenvalue weighted by molar-refractivity contribution is 6.07. The maximum Gasteiger partial charge on any atom is 0.324 e. The van der Waals surface area contributed by atoms with Crippen LogP contribution in [-0.2, 0) is 6.54 Å². The van der Waals surface area contributed by atoms with Gasteiger partial charge in [0.25, 0.3) is 5.91 Å². The van der Waals surface area contributed by atoms with Crippen molar-refractivity contribution in [1.29, 1.82) is 0 Å². The third kappa shape index (κ3) is 4.74. The summed E-state index contributed by atoms with van der Waals surface area (Å²) in [5.41, 5.74) is 1.39. The third-order valence-electron chi connectivity index (χ3n) is 5.14. The molecule has 0 bridgehead atoms. The van der Waals surface area contributed by atoms with E-state index in [1.54, 1.807) is 24.3 Å². The number of halogens is 3. The molecule has 0 aliphatic carbocycles. The molecule has 32 heavy (non-hydrogen) atoms. The number of nitrogens with one attached hydrogen (secondary N) is 1. The number of carbonyl (C=O) groups excluding carboxylic acids is 2. The van der Waals surface area contributed by atoms with Crippen LogP contribution in [0.25, 0.3) is 0 Å². The minimum Gasteiger partial charge on any atom is -0.320 e. The van der Waals surface area contributed by atoms with Crippen LogP contribution in [0.15, 0.2) is 66.7 Å². The van der Waals surface area contributed by atoms with Crippen LogP contribution in [0.5, 0.6) is 0 Å². The number of benzene rings is 3. The van der Waals surface area contributed by atoms with Gasteiger partial charge < -0.3 is 10.2 Å². The molecule has 1 aliphatic heterocycles. The van der Waals surface area contributed by atoms with Crippen molar-refractivity contribution >= 4 is 23.3 Å². The molecule has 1 heterocycles. The van der Waals surface area contributed by atoms with E-state index in [0.29, 0.717) is 36.4 Å². The van der Waals surface area contributed by atoms with Crippen LogP contribution < -0.4 is 10.2 Å². The van der Waals surface area contributed by atoms with Crippen molar-refractivity contribution < 1.29 is 22.8 Å². The fourth-order valence-electron chi connectivity index (χ4n) is 3.71. The average Bonchev–Trinajstić information content (AvgIpc) is 2.75. The molecule has 1 saturated heterocycles. The van der Waals surface area contributed by atoms with Crippen LogP contribution in [-0.4, -0.2) is 29.9 Å². The van der Waals surface area contributed by atoms with Gasteiger partial charge in [0.05, 0.1) is 11.4 Å². The summed E-state index contributed by atoms with van der Waals surface area (Å²) in [6.45, 7) is 0.910. The molecular formula is C24H20F3N3O2. The van der Waals surface area contributed by atoms with E-state index in [1.165, 1.54) is 40.1 Å². The van der Waals surface area contributed by atoms with Crippen LogP contribution in [0, 0.1) is 17.5 Å². The van der Waals surface area contributed by atoms with E-state index < -0.39 is 23.4 Å². The first-order chi connectivity index (χ1) is 15.4. The van der Waals surface area contributed by atoms with Crippen LogP contribution >= 0.6 is 0 Å². The van der Waals surface area contributed by atoms with Crippen molar-refractivity contribution in [2.24, 2.45) is 0 Å². The van der Waals surface area contributed by atoms with Crippen LogP contribution in [0.3, 0.4) is 0 Å². The zero-order valence-corrected chi connectivity index (χ0v) is 17.0. The van der Waals surface area contributed by atoms with Gasteiger partial charge >= 0.3 is 6.03 Å². The second-order valence-corrected chi connectivity index (χ2v) is 7.47. The number of hydrogen-bond acceptors (Lipinski definition) is 2. The zero-order chi connectivity index (χ0) is 22.7. The molecule has 0 radical (unpaired) electrons. The molecule has 1 fully saturated rings. The number of anilines is 2. The van der Waals surface area contributed by atoms with E-state index in [0.717, 1.165) is 12.1 Å². The Labute approximate surface area is 183 Å². The Hall–Kier alpha value is -3.81. The number of hydrogen-bond donors (Lipinski definition) is 1. The summed E-state index contributed by atoms with van der Waals surface area (Å²) >= 11 is 0. The number of rotatable bonds is 5. The Morgan fingerprint density at radius 2 is 1.62 bits per heavy atom. The predicted molar refractivity (Wildman–Crippen MR) is 115 cm³/mol. The number of nitrogens with zero attached hydrogens (tertiary/aromatic N) is 2. The summed E-state index contributed by atoms with van der Waals surface area (Å²) < 4.78 is 40.6. The summed E-state index contributed by atoms with van der Waals surface area (Å²) in [5.74, 6) is -2.44. The monoisotopic (exact) mass is 439 g/mol. The maximum atomic E-state index is 13.5. The molecule has 0 spiro atoms. The van der Waals surface area contributed by atoms with Gasteiger partial charge in [-0.05, 0) is 54.4 Å². The number of amides is 3. The molecule has 0 atom stereocenters. The Kier molecular flexibility index (Phi) is 6.11. The Morgan fingerprint density at radius 1 is 0.875 bits per heavy atom. The Balaban J connectivity index is 1.55. The van der Waals surface area contributed by atoms with E-state index in [1.807, 2.05) is 0 Å². The van der Waals surface area contributed by atoms with Gasteiger partial charge in [0.2, 0.25) is 0 Å². The lowest BCUT2D eigenvalue weighted by atomic mass is 10.1. The van der Waals surface area contributed by atoms with Gasteiger partial charge in [-0.25, -0.2) is 18.0 Å².